The maximum absolute atomic E-state index is 14.2. The third-order valence-corrected chi connectivity index (χ3v) is 6.56. The summed E-state index contributed by atoms with van der Waals surface area (Å²) in [5.41, 5.74) is -0.000580. The lowest BCUT2D eigenvalue weighted by molar-refractivity contribution is -0.137. The van der Waals surface area contributed by atoms with Crippen LogP contribution in [0.4, 0.5) is 17.6 Å². The SMILES string of the molecule is C[C@H](CCC(=O)c1cnc2c(c1)c1cc(F)ccc1c(=O)n2-c1ccc(C(F)(F)F)cc1)c1ccccn1. The Kier molecular flexibility index (Phi) is 6.52. The van der Waals surface area contributed by atoms with E-state index < -0.39 is 23.1 Å². The van der Waals surface area contributed by atoms with Crippen LogP contribution in [0.1, 0.15) is 47.3 Å². The number of hydrogen-bond acceptors (Lipinski definition) is 4. The molecular formula is C29H21F4N3O2. The van der Waals surface area contributed by atoms with Gasteiger partial charge in [0.15, 0.2) is 5.78 Å². The molecule has 3 aromatic heterocycles. The van der Waals surface area contributed by atoms with Crippen molar-refractivity contribution in [1.29, 1.82) is 0 Å². The van der Waals surface area contributed by atoms with E-state index in [1.54, 1.807) is 12.3 Å². The maximum Gasteiger partial charge on any atom is 0.416 e. The number of carbonyl (C=O) groups excluding carboxylic acids is 1. The van der Waals surface area contributed by atoms with Gasteiger partial charge >= 0.3 is 6.18 Å². The normalized spacial score (nSPS) is 12.7. The minimum Gasteiger partial charge on any atom is -0.294 e. The molecule has 0 aliphatic carbocycles. The molecule has 0 saturated carbocycles. The number of Topliss-reactive ketones (excluding diaryl/α,β-unsaturated/α-hetero) is 1. The molecule has 38 heavy (non-hydrogen) atoms. The van der Waals surface area contributed by atoms with E-state index in [-0.39, 0.29) is 45.8 Å². The summed E-state index contributed by atoms with van der Waals surface area (Å²) >= 11 is 0. The van der Waals surface area contributed by atoms with Crippen molar-refractivity contribution < 1.29 is 22.4 Å². The van der Waals surface area contributed by atoms with E-state index in [1.165, 1.54) is 35.0 Å². The minimum atomic E-state index is -4.53. The van der Waals surface area contributed by atoms with E-state index in [4.69, 9.17) is 0 Å². The molecular weight excluding hydrogens is 498 g/mol. The molecule has 0 aliphatic heterocycles. The fourth-order valence-corrected chi connectivity index (χ4v) is 4.48. The van der Waals surface area contributed by atoms with Gasteiger partial charge in [-0.3, -0.25) is 19.1 Å². The molecule has 2 aromatic carbocycles. The second-order valence-electron chi connectivity index (χ2n) is 9.09. The Morgan fingerprint density at radius 3 is 2.39 bits per heavy atom. The summed E-state index contributed by atoms with van der Waals surface area (Å²) in [5.74, 6) is -0.709. The highest BCUT2D eigenvalue weighted by Crippen LogP contribution is 2.31. The quantitative estimate of drug-likeness (QED) is 0.140. The van der Waals surface area contributed by atoms with E-state index >= 15 is 0 Å². The van der Waals surface area contributed by atoms with Crippen LogP contribution >= 0.6 is 0 Å². The monoisotopic (exact) mass is 519 g/mol. The number of nitrogens with zero attached hydrogens (tertiary/aromatic N) is 3. The highest BCUT2D eigenvalue weighted by Gasteiger charge is 2.30. The number of benzene rings is 2. The number of halogens is 4. The molecule has 5 aromatic rings. The summed E-state index contributed by atoms with van der Waals surface area (Å²) in [4.78, 5) is 35.1. The van der Waals surface area contributed by atoms with Crippen LogP contribution in [0.3, 0.4) is 0 Å². The lowest BCUT2D eigenvalue weighted by atomic mass is 9.97. The second-order valence-corrected chi connectivity index (χ2v) is 9.09. The van der Waals surface area contributed by atoms with Gasteiger partial charge in [-0.15, -0.1) is 0 Å². The van der Waals surface area contributed by atoms with E-state index in [1.807, 2.05) is 25.1 Å². The molecule has 9 heteroatoms. The zero-order valence-corrected chi connectivity index (χ0v) is 20.2. The second kappa shape index (κ2) is 9.81. The van der Waals surface area contributed by atoms with Crippen molar-refractivity contribution >= 4 is 27.6 Å². The molecule has 0 N–H and O–H groups in total. The smallest absolute Gasteiger partial charge is 0.294 e. The first-order chi connectivity index (χ1) is 18.1. The number of rotatable bonds is 6. The minimum absolute atomic E-state index is 0.0494. The van der Waals surface area contributed by atoms with Gasteiger partial charge in [-0.1, -0.05) is 13.0 Å². The number of carbonyl (C=O) groups is 1. The van der Waals surface area contributed by atoms with E-state index in [0.29, 0.717) is 11.8 Å². The summed E-state index contributed by atoms with van der Waals surface area (Å²) in [6.45, 7) is 1.98. The predicted molar refractivity (Wildman–Crippen MR) is 136 cm³/mol. The van der Waals surface area contributed by atoms with Gasteiger partial charge in [0.1, 0.15) is 11.5 Å². The van der Waals surface area contributed by atoms with Crippen LogP contribution in [-0.4, -0.2) is 20.3 Å². The van der Waals surface area contributed by atoms with Crippen LogP contribution in [0, 0.1) is 5.82 Å². The van der Waals surface area contributed by atoms with Crippen molar-refractivity contribution in [3.63, 3.8) is 0 Å². The zero-order valence-electron chi connectivity index (χ0n) is 20.2. The Balaban J connectivity index is 1.59. The molecule has 0 bridgehead atoms. The highest BCUT2D eigenvalue weighted by atomic mass is 19.4. The summed E-state index contributed by atoms with van der Waals surface area (Å²) in [7, 11) is 0. The fraction of sp³-hybridized carbons (Fsp3) is 0.172. The molecule has 0 unspecified atom stereocenters. The number of alkyl halides is 3. The molecule has 192 valence electrons. The molecule has 0 fully saturated rings. The van der Waals surface area contributed by atoms with Crippen molar-refractivity contribution in [2.75, 3.05) is 0 Å². The Morgan fingerprint density at radius 1 is 0.947 bits per heavy atom. The van der Waals surface area contributed by atoms with Gasteiger partial charge in [-0.2, -0.15) is 13.2 Å². The Hall–Kier alpha value is -4.40. The van der Waals surface area contributed by atoms with Crippen LogP contribution in [-0.2, 0) is 6.18 Å². The van der Waals surface area contributed by atoms with Gasteiger partial charge < -0.3 is 0 Å². The van der Waals surface area contributed by atoms with Gasteiger partial charge in [0.25, 0.3) is 5.56 Å². The fourth-order valence-electron chi connectivity index (χ4n) is 4.48. The van der Waals surface area contributed by atoms with Crippen LogP contribution < -0.4 is 5.56 Å². The molecule has 0 radical (unpaired) electrons. The Labute approximate surface area is 214 Å². The van der Waals surface area contributed by atoms with E-state index in [0.717, 1.165) is 23.9 Å². The number of fused-ring (bicyclic) bond motifs is 3. The summed E-state index contributed by atoms with van der Waals surface area (Å²) in [5, 5.41) is 0.744. The molecule has 0 amide bonds. The standard InChI is InChI=1S/C29H21F4N3O2/c1-17(25-4-2-3-13-34-25)5-12-26(37)18-14-24-23-15-20(30)8-11-22(23)28(38)36(27(24)35-16-18)21-9-6-19(7-10-21)29(31,32)33/h2-4,6-11,13-17H,5,12H2,1H3/t17-/m1/s1. The van der Waals surface area contributed by atoms with Crippen molar-refractivity contribution in [1.82, 2.24) is 14.5 Å². The highest BCUT2D eigenvalue weighted by molar-refractivity contribution is 6.08. The van der Waals surface area contributed by atoms with Crippen molar-refractivity contribution in [3.05, 3.63) is 112 Å². The molecule has 5 nitrogen and oxygen atoms in total. The van der Waals surface area contributed by atoms with Crippen LogP contribution in [0.25, 0.3) is 27.5 Å². The lowest BCUT2D eigenvalue weighted by Crippen LogP contribution is -2.20. The molecule has 1 atom stereocenters. The first kappa shape index (κ1) is 25.3. The average Bonchev–Trinajstić information content (AvgIpc) is 2.91. The van der Waals surface area contributed by atoms with E-state index in [2.05, 4.69) is 9.97 Å². The van der Waals surface area contributed by atoms with Crippen LogP contribution in [0.15, 0.2) is 83.9 Å². The number of pyridine rings is 3. The van der Waals surface area contributed by atoms with Crippen molar-refractivity contribution in [3.8, 4) is 5.69 Å². The third kappa shape index (κ3) is 4.79. The number of ketones is 1. The van der Waals surface area contributed by atoms with E-state index in [9.17, 15) is 27.2 Å². The van der Waals surface area contributed by atoms with Gasteiger partial charge in [0, 0.05) is 46.2 Å². The first-order valence-electron chi connectivity index (χ1n) is 11.9. The predicted octanol–water partition coefficient (Wildman–Crippen LogP) is 6.86. The van der Waals surface area contributed by atoms with Crippen LogP contribution in [0.2, 0.25) is 0 Å². The molecule has 0 aliphatic rings. The lowest BCUT2D eigenvalue weighted by Gasteiger charge is -2.15. The van der Waals surface area contributed by atoms with Gasteiger partial charge in [0.05, 0.1) is 11.3 Å². The van der Waals surface area contributed by atoms with Gasteiger partial charge in [0.2, 0.25) is 0 Å². The average molecular weight is 519 g/mol. The third-order valence-electron chi connectivity index (χ3n) is 6.56. The molecule has 5 rings (SSSR count). The number of hydrogen-bond donors (Lipinski definition) is 0. The largest absolute Gasteiger partial charge is 0.416 e. The van der Waals surface area contributed by atoms with Crippen molar-refractivity contribution in [2.45, 2.75) is 31.9 Å². The maximum atomic E-state index is 14.2. The Bertz CT molecular complexity index is 1710. The van der Waals surface area contributed by atoms with Crippen molar-refractivity contribution in [2.24, 2.45) is 0 Å². The summed E-state index contributed by atoms with van der Waals surface area (Å²) in [6, 6.07) is 14.9. The zero-order chi connectivity index (χ0) is 27.0. The summed E-state index contributed by atoms with van der Waals surface area (Å²) in [6.07, 6.45) is -0.735. The molecule has 0 saturated heterocycles. The first-order valence-corrected chi connectivity index (χ1v) is 11.9. The molecule has 0 spiro atoms. The Morgan fingerprint density at radius 2 is 1.71 bits per heavy atom. The molecule has 3 heterocycles. The van der Waals surface area contributed by atoms with Gasteiger partial charge in [-0.25, -0.2) is 9.37 Å². The number of aromatic nitrogens is 3. The topological polar surface area (TPSA) is 64.8 Å². The summed E-state index contributed by atoms with van der Waals surface area (Å²) < 4.78 is 54.6. The van der Waals surface area contributed by atoms with Crippen LogP contribution in [0.5, 0.6) is 0 Å². The van der Waals surface area contributed by atoms with Gasteiger partial charge in [-0.05, 0) is 73.0 Å².